The molecule has 2 aromatic carbocycles. The standard InChI is InChI=1S/C32H42O16/c1-41-19-7-13(3-5-17(19)45-31-27(39)25(37)23(35)21(9-33)47-31)29-15-11-44-30(16(15)12-43-29)14-4-6-18(20(8-14)42-2)46-32-28(40)26(38)24(36)22(10-34)48-32/h3-8,15-16,21-40H,9-12H2,1-2H3/t15-,16-,21+,22+,23+,24+,25-,26-,27+,28+,29+,30+,31-,32+/m0/s1. The van der Waals surface area contributed by atoms with Gasteiger partial charge in [0.15, 0.2) is 23.0 Å². The van der Waals surface area contributed by atoms with Gasteiger partial charge in [-0.15, -0.1) is 0 Å². The fourth-order valence-electron chi connectivity index (χ4n) is 6.73. The van der Waals surface area contributed by atoms with Crippen molar-refractivity contribution in [2.75, 3.05) is 40.6 Å². The van der Waals surface area contributed by atoms with Crippen LogP contribution in [0.1, 0.15) is 23.3 Å². The number of methoxy groups -OCH3 is 2. The van der Waals surface area contributed by atoms with Crippen LogP contribution in [-0.2, 0) is 18.9 Å². The van der Waals surface area contributed by atoms with Crippen molar-refractivity contribution in [3.8, 4) is 23.0 Å². The molecule has 4 fully saturated rings. The second-order valence-electron chi connectivity index (χ2n) is 12.3. The summed E-state index contributed by atoms with van der Waals surface area (Å²) in [7, 11) is 2.90. The molecule has 0 radical (unpaired) electrons. The average Bonchev–Trinajstić information content (AvgIpc) is 3.72. The summed E-state index contributed by atoms with van der Waals surface area (Å²) >= 11 is 0. The van der Waals surface area contributed by atoms with Crippen LogP contribution in [-0.4, -0.2) is 143 Å². The van der Waals surface area contributed by atoms with Gasteiger partial charge >= 0.3 is 0 Å². The van der Waals surface area contributed by atoms with Crippen LogP contribution < -0.4 is 18.9 Å². The second kappa shape index (κ2) is 14.6. The van der Waals surface area contributed by atoms with Gasteiger partial charge in [-0.25, -0.2) is 0 Å². The lowest BCUT2D eigenvalue weighted by atomic mass is 9.85. The second-order valence-corrected chi connectivity index (χ2v) is 12.3. The molecule has 4 heterocycles. The number of hydrogen-bond acceptors (Lipinski definition) is 16. The molecule has 8 N–H and O–H groups in total. The summed E-state index contributed by atoms with van der Waals surface area (Å²) in [6.45, 7) is -0.371. The van der Waals surface area contributed by atoms with E-state index in [0.717, 1.165) is 11.1 Å². The Kier molecular flexibility index (Phi) is 10.6. The van der Waals surface area contributed by atoms with E-state index in [4.69, 9.17) is 37.9 Å². The highest BCUT2D eigenvalue weighted by Crippen LogP contribution is 2.52. The third-order valence-electron chi connectivity index (χ3n) is 9.48. The zero-order valence-electron chi connectivity index (χ0n) is 26.2. The molecule has 6 rings (SSSR count). The molecule has 2 aromatic rings. The van der Waals surface area contributed by atoms with Gasteiger partial charge in [0.05, 0.1) is 52.9 Å². The first-order chi connectivity index (χ1) is 23.1. The van der Waals surface area contributed by atoms with Crippen molar-refractivity contribution < 1.29 is 78.7 Å². The maximum atomic E-state index is 10.4. The molecule has 16 nitrogen and oxygen atoms in total. The molecule has 4 aliphatic rings. The number of aliphatic hydroxyl groups excluding tert-OH is 8. The van der Waals surface area contributed by atoms with Crippen LogP contribution in [0.4, 0.5) is 0 Å². The van der Waals surface area contributed by atoms with Crippen LogP contribution in [0.3, 0.4) is 0 Å². The van der Waals surface area contributed by atoms with Crippen molar-refractivity contribution in [3.05, 3.63) is 47.5 Å². The topological polar surface area (TPSA) is 236 Å². The summed E-state index contributed by atoms with van der Waals surface area (Å²) in [4.78, 5) is 0. The van der Waals surface area contributed by atoms with Gasteiger partial charge in [0, 0.05) is 11.8 Å². The van der Waals surface area contributed by atoms with Crippen molar-refractivity contribution in [1.29, 1.82) is 0 Å². The van der Waals surface area contributed by atoms with E-state index in [9.17, 15) is 40.9 Å². The van der Waals surface area contributed by atoms with E-state index in [1.54, 1.807) is 36.4 Å². The van der Waals surface area contributed by atoms with E-state index >= 15 is 0 Å². The van der Waals surface area contributed by atoms with Crippen LogP contribution in [0.2, 0.25) is 0 Å². The van der Waals surface area contributed by atoms with E-state index < -0.39 is 74.6 Å². The number of ether oxygens (including phenoxy) is 8. The fraction of sp³-hybridized carbons (Fsp3) is 0.625. The Labute approximate surface area is 275 Å². The fourth-order valence-corrected chi connectivity index (χ4v) is 6.73. The molecule has 4 saturated heterocycles. The lowest BCUT2D eigenvalue weighted by Crippen LogP contribution is -2.60. The smallest absolute Gasteiger partial charge is 0.229 e. The maximum Gasteiger partial charge on any atom is 0.229 e. The van der Waals surface area contributed by atoms with Gasteiger partial charge in [-0.05, 0) is 35.4 Å². The first kappa shape index (κ1) is 35.0. The SMILES string of the molecule is COc1cc([C@H]2OC[C@H]3[C@@H]2CO[C@@H]3c2ccc(O[C@H]3O[C@H](CO)[C@@H](O)[C@H](O)[C@H]3O)c(OC)c2)ccc1O[C@@H]1O[C@H](CO)[C@@H](O)[C@H](O)[C@H]1O. The molecule has 4 aliphatic heterocycles. The van der Waals surface area contributed by atoms with E-state index in [2.05, 4.69) is 0 Å². The van der Waals surface area contributed by atoms with Gasteiger partial charge in [-0.2, -0.15) is 0 Å². The first-order valence-electron chi connectivity index (χ1n) is 15.6. The Bertz CT molecular complexity index is 1290. The van der Waals surface area contributed by atoms with Crippen LogP contribution >= 0.6 is 0 Å². The van der Waals surface area contributed by atoms with Crippen molar-refractivity contribution in [1.82, 2.24) is 0 Å². The molecule has 16 heteroatoms. The van der Waals surface area contributed by atoms with Crippen molar-refractivity contribution >= 4 is 0 Å². The van der Waals surface area contributed by atoms with Gasteiger partial charge in [0.2, 0.25) is 12.6 Å². The van der Waals surface area contributed by atoms with Gasteiger partial charge in [-0.3, -0.25) is 0 Å². The molecule has 0 unspecified atom stereocenters. The summed E-state index contributed by atoms with van der Waals surface area (Å²) in [5.41, 5.74) is 1.59. The Morgan fingerprint density at radius 1 is 0.562 bits per heavy atom. The highest BCUT2D eigenvalue weighted by atomic mass is 16.7. The normalized spacial score (nSPS) is 39.5. The third-order valence-corrected chi connectivity index (χ3v) is 9.48. The number of aliphatic hydroxyl groups is 8. The van der Waals surface area contributed by atoms with Gasteiger partial charge in [0.25, 0.3) is 0 Å². The maximum absolute atomic E-state index is 10.4. The van der Waals surface area contributed by atoms with Crippen molar-refractivity contribution in [2.24, 2.45) is 11.8 Å². The molecule has 0 spiro atoms. The van der Waals surface area contributed by atoms with E-state index in [-0.39, 0.29) is 35.5 Å². The number of rotatable bonds is 10. The molecule has 0 aliphatic carbocycles. The van der Waals surface area contributed by atoms with Gasteiger partial charge in [-0.1, -0.05) is 12.1 Å². The Morgan fingerprint density at radius 2 is 0.958 bits per heavy atom. The highest BCUT2D eigenvalue weighted by Gasteiger charge is 2.49. The van der Waals surface area contributed by atoms with Gasteiger partial charge < -0.3 is 78.7 Å². The van der Waals surface area contributed by atoms with E-state index in [1.807, 2.05) is 0 Å². The average molecular weight is 683 g/mol. The Balaban J connectivity index is 1.14. The van der Waals surface area contributed by atoms with Crippen LogP contribution in [0.15, 0.2) is 36.4 Å². The van der Waals surface area contributed by atoms with Crippen LogP contribution in [0.25, 0.3) is 0 Å². The molecular formula is C32H42O16. The molecule has 14 atom stereocenters. The summed E-state index contributed by atoms with van der Waals surface area (Å²) in [6.07, 6.45) is -15.0. The lowest BCUT2D eigenvalue weighted by Gasteiger charge is -2.39. The molecule has 266 valence electrons. The van der Waals surface area contributed by atoms with Crippen LogP contribution in [0.5, 0.6) is 23.0 Å². The number of hydrogen-bond donors (Lipinski definition) is 8. The van der Waals surface area contributed by atoms with Crippen molar-refractivity contribution in [3.63, 3.8) is 0 Å². The number of benzene rings is 2. The predicted molar refractivity (Wildman–Crippen MR) is 159 cm³/mol. The van der Waals surface area contributed by atoms with E-state index in [0.29, 0.717) is 24.7 Å². The summed E-state index contributed by atoms with van der Waals surface area (Å²) in [6, 6.07) is 10.3. The Morgan fingerprint density at radius 3 is 1.31 bits per heavy atom. The zero-order chi connectivity index (χ0) is 34.3. The quantitative estimate of drug-likeness (QED) is 0.137. The molecule has 48 heavy (non-hydrogen) atoms. The minimum Gasteiger partial charge on any atom is -0.493 e. The molecular weight excluding hydrogens is 640 g/mol. The monoisotopic (exact) mass is 682 g/mol. The molecule has 0 amide bonds. The van der Waals surface area contributed by atoms with Crippen LogP contribution in [0, 0.1) is 11.8 Å². The van der Waals surface area contributed by atoms with Gasteiger partial charge in [0.1, 0.15) is 48.8 Å². The largest absolute Gasteiger partial charge is 0.493 e. The summed E-state index contributed by atoms with van der Waals surface area (Å²) in [5.74, 6) is 0.997. The molecule has 0 aromatic heterocycles. The Hall–Kier alpha value is -2.84. The summed E-state index contributed by atoms with van der Waals surface area (Å²) in [5, 5.41) is 80.1. The summed E-state index contributed by atoms with van der Waals surface area (Å²) < 4.78 is 46.1. The lowest BCUT2D eigenvalue weighted by molar-refractivity contribution is -0.277. The molecule has 0 bridgehead atoms. The molecule has 0 saturated carbocycles. The highest BCUT2D eigenvalue weighted by molar-refractivity contribution is 5.46. The minimum absolute atomic E-state index is 0.0204. The minimum atomic E-state index is -1.59. The number of fused-ring (bicyclic) bond motifs is 1. The zero-order valence-corrected chi connectivity index (χ0v) is 26.2. The first-order valence-corrected chi connectivity index (χ1v) is 15.6. The van der Waals surface area contributed by atoms with Crippen molar-refractivity contribution in [2.45, 2.75) is 73.6 Å². The third kappa shape index (κ3) is 6.44. The predicted octanol–water partition coefficient (Wildman–Crippen LogP) is -1.86. The van der Waals surface area contributed by atoms with E-state index in [1.165, 1.54) is 14.2 Å².